The van der Waals surface area contributed by atoms with Crippen molar-refractivity contribution in [1.82, 2.24) is 9.73 Å². The van der Waals surface area contributed by atoms with Crippen LogP contribution in [0.1, 0.15) is 45.6 Å². The number of nitrogens with one attached hydrogen (secondary N) is 1. The molecule has 6 nitrogen and oxygen atoms in total. The third-order valence-corrected chi connectivity index (χ3v) is 8.74. The van der Waals surface area contributed by atoms with Crippen LogP contribution in [0.4, 0.5) is 0 Å². The Hall–Kier alpha value is -1.73. The number of carbonyl (C=O) groups excluding carboxylic acids is 1. The van der Waals surface area contributed by atoms with Gasteiger partial charge in [-0.2, -0.15) is 9.41 Å². The van der Waals surface area contributed by atoms with Crippen molar-refractivity contribution in [3.8, 4) is 0 Å². The first-order valence-corrected chi connectivity index (χ1v) is 10.8. The third-order valence-electron chi connectivity index (χ3n) is 6.92. The van der Waals surface area contributed by atoms with Gasteiger partial charge < -0.3 is 0 Å². The normalized spacial score (nSPS) is 28.1. The van der Waals surface area contributed by atoms with E-state index in [-0.39, 0.29) is 22.3 Å². The number of rotatable bonds is 5. The smallest absolute Gasteiger partial charge is 0.255 e. The lowest BCUT2D eigenvalue weighted by molar-refractivity contribution is -0.121. The summed E-state index contributed by atoms with van der Waals surface area (Å²) in [5.41, 5.74) is 4.77. The number of fused-ring (bicyclic) bond motifs is 2. The van der Waals surface area contributed by atoms with Gasteiger partial charge >= 0.3 is 0 Å². The van der Waals surface area contributed by atoms with Crippen LogP contribution in [0, 0.1) is 23.7 Å². The molecule has 3 rings (SSSR count). The number of hydrogen-bond donors (Lipinski definition) is 1. The maximum atomic E-state index is 12.6. The SMILES string of the molecule is Cc1ccc(S(=O)(=O)N(C)CC(=O)N/N=C2\C[C@H]3CC[C@@]2(C)C3(C)C)cc1. The van der Waals surface area contributed by atoms with Crippen LogP contribution in [-0.4, -0.2) is 37.9 Å². The molecule has 1 aromatic carbocycles. The van der Waals surface area contributed by atoms with Gasteiger partial charge in [0.15, 0.2) is 0 Å². The first kappa shape index (κ1) is 20.0. The zero-order valence-corrected chi connectivity index (χ0v) is 17.6. The zero-order valence-electron chi connectivity index (χ0n) is 16.7. The van der Waals surface area contributed by atoms with E-state index in [4.69, 9.17) is 0 Å². The Morgan fingerprint density at radius 3 is 2.41 bits per heavy atom. The van der Waals surface area contributed by atoms with Crippen molar-refractivity contribution in [2.45, 2.75) is 51.9 Å². The molecule has 0 saturated heterocycles. The lowest BCUT2D eigenvalue weighted by atomic mass is 9.70. The molecule has 1 aromatic rings. The molecule has 2 aliphatic rings. The highest BCUT2D eigenvalue weighted by Crippen LogP contribution is 2.63. The lowest BCUT2D eigenvalue weighted by Gasteiger charge is -2.34. The van der Waals surface area contributed by atoms with Crippen LogP contribution in [0.2, 0.25) is 0 Å². The molecule has 0 aliphatic heterocycles. The number of hydrogen-bond acceptors (Lipinski definition) is 4. The minimum Gasteiger partial charge on any atom is -0.272 e. The topological polar surface area (TPSA) is 78.8 Å². The van der Waals surface area contributed by atoms with Gasteiger partial charge in [0.25, 0.3) is 5.91 Å². The van der Waals surface area contributed by atoms with E-state index in [1.807, 2.05) is 6.92 Å². The van der Waals surface area contributed by atoms with E-state index < -0.39 is 15.9 Å². The summed E-state index contributed by atoms with van der Waals surface area (Å²) in [7, 11) is -2.30. The van der Waals surface area contributed by atoms with Crippen molar-refractivity contribution in [3.05, 3.63) is 29.8 Å². The Morgan fingerprint density at radius 2 is 1.89 bits per heavy atom. The van der Waals surface area contributed by atoms with Crippen LogP contribution in [0.3, 0.4) is 0 Å². The molecule has 2 saturated carbocycles. The number of likely N-dealkylation sites (N-methyl/N-ethyl adjacent to an activating group) is 1. The van der Waals surface area contributed by atoms with Gasteiger partial charge in [-0.15, -0.1) is 0 Å². The second-order valence-corrected chi connectivity index (χ2v) is 10.7. The molecule has 1 amide bonds. The molecular weight excluding hydrogens is 362 g/mol. The molecule has 0 radical (unpaired) electrons. The van der Waals surface area contributed by atoms with Gasteiger partial charge in [0.05, 0.1) is 11.4 Å². The number of benzene rings is 1. The summed E-state index contributed by atoms with van der Waals surface area (Å²) >= 11 is 0. The molecule has 2 atom stereocenters. The minimum atomic E-state index is -3.70. The van der Waals surface area contributed by atoms with Crippen molar-refractivity contribution in [1.29, 1.82) is 0 Å². The summed E-state index contributed by atoms with van der Waals surface area (Å²) in [6.07, 6.45) is 3.19. The molecule has 27 heavy (non-hydrogen) atoms. The maximum Gasteiger partial charge on any atom is 0.255 e. The van der Waals surface area contributed by atoms with E-state index in [9.17, 15) is 13.2 Å². The maximum absolute atomic E-state index is 12.6. The van der Waals surface area contributed by atoms with E-state index in [1.54, 1.807) is 24.3 Å². The third kappa shape index (κ3) is 3.31. The van der Waals surface area contributed by atoms with Crippen LogP contribution in [0.5, 0.6) is 0 Å². The number of hydrazone groups is 1. The van der Waals surface area contributed by atoms with Crippen molar-refractivity contribution < 1.29 is 13.2 Å². The van der Waals surface area contributed by atoms with Crippen molar-refractivity contribution in [3.63, 3.8) is 0 Å². The molecular formula is C20H29N3O3S. The van der Waals surface area contributed by atoms with E-state index in [0.29, 0.717) is 5.92 Å². The average Bonchev–Trinajstić information content (AvgIpc) is 2.93. The number of aryl methyl sites for hydroxylation is 1. The van der Waals surface area contributed by atoms with E-state index in [1.165, 1.54) is 13.5 Å². The highest BCUT2D eigenvalue weighted by molar-refractivity contribution is 7.89. The lowest BCUT2D eigenvalue weighted by Crippen LogP contribution is -2.38. The second kappa shape index (κ2) is 6.71. The van der Waals surface area contributed by atoms with E-state index in [0.717, 1.165) is 28.4 Å². The van der Waals surface area contributed by atoms with Crippen molar-refractivity contribution >= 4 is 21.6 Å². The van der Waals surface area contributed by atoms with Gasteiger partial charge in [0.1, 0.15) is 0 Å². The summed E-state index contributed by atoms with van der Waals surface area (Å²) in [5.74, 6) is 0.174. The fraction of sp³-hybridized carbons (Fsp3) is 0.600. The standard InChI is InChI=1S/C20H29N3O3S/c1-14-6-8-16(9-7-14)27(25,26)23(5)13-18(24)22-21-17-12-15-10-11-20(17,4)19(15,2)3/h6-9,15H,10-13H2,1-5H3,(H,22,24)/b21-17+/t15-,20-/m1/s1. The Labute approximate surface area is 162 Å². The molecule has 0 spiro atoms. The number of amides is 1. The summed E-state index contributed by atoms with van der Waals surface area (Å²) in [6.45, 7) is 8.40. The van der Waals surface area contributed by atoms with Crippen LogP contribution >= 0.6 is 0 Å². The largest absolute Gasteiger partial charge is 0.272 e. The van der Waals surface area contributed by atoms with Gasteiger partial charge in [-0.05, 0) is 49.7 Å². The molecule has 1 N–H and O–H groups in total. The van der Waals surface area contributed by atoms with E-state index in [2.05, 4.69) is 31.3 Å². The quantitative estimate of drug-likeness (QED) is 0.784. The van der Waals surface area contributed by atoms with Crippen LogP contribution in [0.15, 0.2) is 34.3 Å². The van der Waals surface area contributed by atoms with E-state index >= 15 is 0 Å². The van der Waals surface area contributed by atoms with Gasteiger partial charge in [0.2, 0.25) is 10.0 Å². The van der Waals surface area contributed by atoms with Crippen molar-refractivity contribution in [2.24, 2.45) is 21.8 Å². The number of nitrogens with zero attached hydrogens (tertiary/aromatic N) is 2. The Kier molecular flexibility index (Phi) is 4.97. The molecule has 2 bridgehead atoms. The van der Waals surface area contributed by atoms with Gasteiger partial charge in [-0.1, -0.05) is 38.5 Å². The molecule has 2 fully saturated rings. The first-order chi connectivity index (χ1) is 12.5. The number of carbonyl (C=O) groups is 1. The highest BCUT2D eigenvalue weighted by Gasteiger charge is 2.60. The molecule has 0 unspecified atom stereocenters. The molecule has 0 aromatic heterocycles. The fourth-order valence-electron chi connectivity index (χ4n) is 4.44. The summed E-state index contributed by atoms with van der Waals surface area (Å²) in [4.78, 5) is 12.5. The van der Waals surface area contributed by atoms with Crippen LogP contribution in [-0.2, 0) is 14.8 Å². The first-order valence-electron chi connectivity index (χ1n) is 9.37. The van der Waals surface area contributed by atoms with Gasteiger partial charge in [0, 0.05) is 18.2 Å². The fourth-order valence-corrected chi connectivity index (χ4v) is 5.57. The number of sulfonamides is 1. The average molecular weight is 392 g/mol. The summed E-state index contributed by atoms with van der Waals surface area (Å²) < 4.78 is 26.2. The second-order valence-electron chi connectivity index (χ2n) is 8.66. The molecule has 7 heteroatoms. The molecule has 148 valence electrons. The van der Waals surface area contributed by atoms with Crippen LogP contribution in [0.25, 0.3) is 0 Å². The Morgan fingerprint density at radius 1 is 1.26 bits per heavy atom. The Bertz CT molecular complexity index is 874. The summed E-state index contributed by atoms with van der Waals surface area (Å²) in [5, 5.41) is 4.39. The molecule has 0 heterocycles. The van der Waals surface area contributed by atoms with Crippen molar-refractivity contribution in [2.75, 3.05) is 13.6 Å². The molecule has 2 aliphatic carbocycles. The Balaban J connectivity index is 1.65. The predicted molar refractivity (Wildman–Crippen MR) is 106 cm³/mol. The predicted octanol–water partition coefficient (Wildman–Crippen LogP) is 2.93. The van der Waals surface area contributed by atoms with Crippen LogP contribution < -0.4 is 5.43 Å². The zero-order chi connectivity index (χ0) is 20.0. The summed E-state index contributed by atoms with van der Waals surface area (Å²) in [6, 6.07) is 6.59. The van der Waals surface area contributed by atoms with Gasteiger partial charge in [-0.25, -0.2) is 13.8 Å². The monoisotopic (exact) mass is 391 g/mol. The van der Waals surface area contributed by atoms with Gasteiger partial charge in [-0.3, -0.25) is 4.79 Å². The highest BCUT2D eigenvalue weighted by atomic mass is 32.2. The minimum absolute atomic E-state index is 0.00479.